The van der Waals surface area contributed by atoms with Crippen LogP contribution >= 0.6 is 0 Å². The van der Waals surface area contributed by atoms with Crippen molar-refractivity contribution in [3.63, 3.8) is 0 Å². The Morgan fingerprint density at radius 1 is 0.875 bits per heavy atom. The van der Waals surface area contributed by atoms with E-state index in [1.54, 1.807) is 0 Å². The molecule has 0 spiro atoms. The van der Waals surface area contributed by atoms with Crippen molar-refractivity contribution >= 4 is 17.1 Å². The molecule has 24 heavy (non-hydrogen) atoms. The van der Waals surface area contributed by atoms with Crippen LogP contribution in [0.4, 0.5) is 17.1 Å². The van der Waals surface area contributed by atoms with Gasteiger partial charge in [-0.2, -0.15) is 0 Å². The minimum atomic E-state index is 0.183. The number of benzene rings is 3. The Kier molecular flexibility index (Phi) is 3.42. The molecule has 0 saturated carbocycles. The van der Waals surface area contributed by atoms with Gasteiger partial charge in [-0.15, -0.1) is 0 Å². The van der Waals surface area contributed by atoms with E-state index in [1.165, 1.54) is 16.7 Å². The van der Waals surface area contributed by atoms with Gasteiger partial charge in [-0.3, -0.25) is 0 Å². The fraction of sp³-hybridized carbons (Fsp3) is 0.143. The Morgan fingerprint density at radius 2 is 1.58 bits per heavy atom. The Hall–Kier alpha value is -2.94. The molecule has 0 fully saturated rings. The van der Waals surface area contributed by atoms with E-state index >= 15 is 0 Å². The third kappa shape index (κ3) is 2.05. The summed E-state index contributed by atoms with van der Waals surface area (Å²) in [6.07, 6.45) is 0. The number of anilines is 3. The van der Waals surface area contributed by atoms with E-state index in [0.29, 0.717) is 11.4 Å². The molecular weight excluding hydrogens is 294 g/mol. The van der Waals surface area contributed by atoms with Gasteiger partial charge in [0.15, 0.2) is 0 Å². The lowest BCUT2D eigenvalue weighted by Gasteiger charge is -2.40. The summed E-state index contributed by atoms with van der Waals surface area (Å²) < 4.78 is 0. The van der Waals surface area contributed by atoms with Crippen molar-refractivity contribution in [2.45, 2.75) is 13.0 Å². The predicted molar refractivity (Wildman–Crippen MR) is 102 cm³/mol. The molecule has 0 amide bonds. The number of nitrogen functional groups attached to an aromatic ring is 2. The third-order valence-electron chi connectivity index (χ3n) is 4.86. The lowest BCUT2D eigenvalue weighted by atomic mass is 9.84. The van der Waals surface area contributed by atoms with Crippen molar-refractivity contribution in [3.05, 3.63) is 77.9 Å². The molecule has 4 rings (SSSR count). The molecule has 1 aliphatic heterocycles. The molecule has 0 radical (unpaired) electrons. The quantitative estimate of drug-likeness (QED) is 0.687. The number of nitrogens with two attached hydrogens (primary N) is 2. The van der Waals surface area contributed by atoms with Crippen molar-refractivity contribution in [1.29, 1.82) is 0 Å². The minimum Gasteiger partial charge on any atom is -0.397 e. The summed E-state index contributed by atoms with van der Waals surface area (Å²) >= 11 is 0. The highest BCUT2D eigenvalue weighted by Gasteiger charge is 2.32. The normalized spacial score (nSPS) is 15.7. The predicted octanol–water partition coefficient (Wildman–Crippen LogP) is 4.45. The fourth-order valence-corrected chi connectivity index (χ4v) is 3.76. The molecule has 3 aromatic carbocycles. The van der Waals surface area contributed by atoms with Gasteiger partial charge in [0, 0.05) is 17.8 Å². The van der Waals surface area contributed by atoms with Crippen molar-refractivity contribution in [2.24, 2.45) is 0 Å². The van der Waals surface area contributed by atoms with E-state index in [0.717, 1.165) is 17.8 Å². The Labute approximate surface area is 142 Å². The van der Waals surface area contributed by atoms with Gasteiger partial charge in [-0.05, 0) is 35.7 Å². The number of fused-ring (bicyclic) bond motifs is 3. The summed E-state index contributed by atoms with van der Waals surface area (Å²) in [6, 6.07) is 23.3. The summed E-state index contributed by atoms with van der Waals surface area (Å²) in [5.74, 6) is 0. The van der Waals surface area contributed by atoms with Crippen LogP contribution in [-0.2, 0) is 0 Å². The first-order chi connectivity index (χ1) is 11.7. The maximum Gasteiger partial charge on any atom is 0.0802 e. The van der Waals surface area contributed by atoms with E-state index < -0.39 is 0 Å². The van der Waals surface area contributed by atoms with Crippen molar-refractivity contribution in [2.75, 3.05) is 22.9 Å². The summed E-state index contributed by atoms with van der Waals surface area (Å²) in [5, 5.41) is 0. The molecule has 1 atom stereocenters. The van der Waals surface area contributed by atoms with Crippen LogP contribution in [0.5, 0.6) is 0 Å². The molecule has 1 heterocycles. The highest BCUT2D eigenvalue weighted by Crippen LogP contribution is 2.50. The Balaban J connectivity index is 2.04. The second kappa shape index (κ2) is 5.60. The zero-order chi connectivity index (χ0) is 16.7. The van der Waals surface area contributed by atoms with Crippen molar-refractivity contribution in [1.82, 2.24) is 0 Å². The first-order valence-electron chi connectivity index (χ1n) is 8.31. The molecule has 120 valence electrons. The SMILES string of the molecule is CCN1c2ccc(N)c(N)c2-c2ccccc2C1c1ccccc1. The molecule has 0 aliphatic carbocycles. The monoisotopic (exact) mass is 315 g/mol. The van der Waals surface area contributed by atoms with E-state index in [-0.39, 0.29) is 6.04 Å². The molecule has 3 heteroatoms. The molecule has 1 unspecified atom stereocenters. The van der Waals surface area contributed by atoms with E-state index in [1.807, 2.05) is 6.07 Å². The van der Waals surface area contributed by atoms with Crippen LogP contribution in [0.3, 0.4) is 0 Å². The van der Waals surface area contributed by atoms with Crippen LogP contribution in [0.1, 0.15) is 24.1 Å². The van der Waals surface area contributed by atoms with Crippen LogP contribution < -0.4 is 16.4 Å². The van der Waals surface area contributed by atoms with E-state index in [9.17, 15) is 0 Å². The van der Waals surface area contributed by atoms with Crippen LogP contribution in [0.25, 0.3) is 11.1 Å². The second-order valence-electron chi connectivity index (χ2n) is 6.15. The molecule has 3 nitrogen and oxygen atoms in total. The average Bonchev–Trinajstić information content (AvgIpc) is 2.64. The van der Waals surface area contributed by atoms with Gasteiger partial charge in [0.2, 0.25) is 0 Å². The van der Waals surface area contributed by atoms with Gasteiger partial charge in [-0.1, -0.05) is 54.6 Å². The highest BCUT2D eigenvalue weighted by molar-refractivity contribution is 5.97. The lowest BCUT2D eigenvalue weighted by Crippen LogP contribution is -2.33. The van der Waals surface area contributed by atoms with Gasteiger partial charge >= 0.3 is 0 Å². The highest BCUT2D eigenvalue weighted by atomic mass is 15.2. The van der Waals surface area contributed by atoms with Crippen LogP contribution in [0, 0.1) is 0 Å². The molecule has 4 N–H and O–H groups in total. The van der Waals surface area contributed by atoms with Gasteiger partial charge in [0.05, 0.1) is 17.4 Å². The van der Waals surface area contributed by atoms with Gasteiger partial charge < -0.3 is 16.4 Å². The molecule has 0 bridgehead atoms. The number of hydrogen-bond donors (Lipinski definition) is 2. The lowest BCUT2D eigenvalue weighted by molar-refractivity contribution is 0.719. The van der Waals surface area contributed by atoms with Gasteiger partial charge in [-0.25, -0.2) is 0 Å². The van der Waals surface area contributed by atoms with E-state index in [2.05, 4.69) is 72.5 Å². The van der Waals surface area contributed by atoms with Crippen LogP contribution in [0.2, 0.25) is 0 Å². The number of hydrogen-bond acceptors (Lipinski definition) is 3. The summed E-state index contributed by atoms with van der Waals surface area (Å²) in [5.41, 5.74) is 19.7. The van der Waals surface area contributed by atoms with E-state index in [4.69, 9.17) is 11.5 Å². The summed E-state index contributed by atoms with van der Waals surface area (Å²) in [6.45, 7) is 3.07. The fourth-order valence-electron chi connectivity index (χ4n) is 3.76. The Morgan fingerprint density at radius 3 is 2.33 bits per heavy atom. The average molecular weight is 315 g/mol. The molecule has 0 aromatic heterocycles. The van der Waals surface area contributed by atoms with Crippen molar-refractivity contribution < 1.29 is 0 Å². The zero-order valence-electron chi connectivity index (χ0n) is 13.7. The molecule has 3 aromatic rings. The molecule has 1 aliphatic rings. The van der Waals surface area contributed by atoms with Crippen LogP contribution in [-0.4, -0.2) is 6.54 Å². The first kappa shape index (κ1) is 14.6. The largest absolute Gasteiger partial charge is 0.397 e. The minimum absolute atomic E-state index is 0.183. The molecular formula is C21H21N3. The number of rotatable bonds is 2. The van der Waals surface area contributed by atoms with Crippen LogP contribution in [0.15, 0.2) is 66.7 Å². The molecule has 0 saturated heterocycles. The van der Waals surface area contributed by atoms with Gasteiger partial charge in [0.25, 0.3) is 0 Å². The summed E-state index contributed by atoms with van der Waals surface area (Å²) in [7, 11) is 0. The Bertz CT molecular complexity index is 887. The first-order valence-corrected chi connectivity index (χ1v) is 8.31. The topological polar surface area (TPSA) is 55.3 Å². The second-order valence-corrected chi connectivity index (χ2v) is 6.15. The maximum absolute atomic E-state index is 6.37. The summed E-state index contributed by atoms with van der Waals surface area (Å²) in [4.78, 5) is 2.41. The maximum atomic E-state index is 6.37. The standard InChI is InChI=1S/C21H21N3/c1-2-24-18-13-12-17(22)20(23)19(18)15-10-6-7-11-16(15)21(24)14-8-4-3-5-9-14/h3-13,21H,2,22-23H2,1H3. The zero-order valence-corrected chi connectivity index (χ0v) is 13.7. The third-order valence-corrected chi connectivity index (χ3v) is 4.86. The smallest absolute Gasteiger partial charge is 0.0802 e. The van der Waals surface area contributed by atoms with Gasteiger partial charge in [0.1, 0.15) is 0 Å². The van der Waals surface area contributed by atoms with Crippen molar-refractivity contribution in [3.8, 4) is 11.1 Å². The number of nitrogens with zero attached hydrogens (tertiary/aromatic N) is 1.